The fourth-order valence-corrected chi connectivity index (χ4v) is 1.36. The van der Waals surface area contributed by atoms with Crippen molar-refractivity contribution >= 4 is 17.7 Å². The minimum atomic E-state index is 0.741. The summed E-state index contributed by atoms with van der Waals surface area (Å²) in [5.41, 5.74) is 1.12. The van der Waals surface area contributed by atoms with Gasteiger partial charge in [-0.25, -0.2) is 0 Å². The van der Waals surface area contributed by atoms with E-state index in [1.54, 1.807) is 7.11 Å². The molecule has 0 aliphatic heterocycles. The average molecular weight is 226 g/mol. The van der Waals surface area contributed by atoms with E-state index >= 15 is 0 Å². The zero-order valence-corrected chi connectivity index (χ0v) is 9.63. The molecule has 0 heterocycles. The molecule has 1 N–H and O–H groups in total. The maximum absolute atomic E-state index is 5.86. The van der Waals surface area contributed by atoms with Gasteiger partial charge in [0.05, 0.1) is 6.61 Å². The standard InChI is InChI=1S/C12H16ClNO/c1-15-9-8-14-7-3-5-11-4-2-6-12(13)10-11/h2-6,10,14H,7-9H2,1H3. The number of halogens is 1. The molecule has 15 heavy (non-hydrogen) atoms. The lowest BCUT2D eigenvalue weighted by atomic mass is 10.2. The van der Waals surface area contributed by atoms with Crippen LogP contribution in [0.4, 0.5) is 0 Å². The normalized spacial score (nSPS) is 11.1. The van der Waals surface area contributed by atoms with Gasteiger partial charge in [-0.2, -0.15) is 0 Å². The number of methoxy groups -OCH3 is 1. The minimum Gasteiger partial charge on any atom is -0.383 e. The molecule has 0 aromatic heterocycles. The van der Waals surface area contributed by atoms with Gasteiger partial charge in [-0.05, 0) is 17.7 Å². The predicted octanol–water partition coefficient (Wildman–Crippen LogP) is 2.59. The molecule has 1 aromatic carbocycles. The van der Waals surface area contributed by atoms with E-state index in [0.717, 1.165) is 30.3 Å². The van der Waals surface area contributed by atoms with Crippen molar-refractivity contribution in [1.82, 2.24) is 5.32 Å². The maximum atomic E-state index is 5.86. The summed E-state index contributed by atoms with van der Waals surface area (Å²) in [5.74, 6) is 0. The third-order valence-electron chi connectivity index (χ3n) is 1.90. The molecule has 82 valence electrons. The first kappa shape index (κ1) is 12.2. The SMILES string of the molecule is COCCNCC=Cc1cccc(Cl)c1. The van der Waals surface area contributed by atoms with E-state index in [1.165, 1.54) is 0 Å². The van der Waals surface area contributed by atoms with Crippen molar-refractivity contribution in [1.29, 1.82) is 0 Å². The summed E-state index contributed by atoms with van der Waals surface area (Å²) in [4.78, 5) is 0. The fourth-order valence-electron chi connectivity index (χ4n) is 1.16. The maximum Gasteiger partial charge on any atom is 0.0587 e. The van der Waals surface area contributed by atoms with Gasteiger partial charge >= 0.3 is 0 Å². The molecule has 0 amide bonds. The van der Waals surface area contributed by atoms with Gasteiger partial charge in [0.15, 0.2) is 0 Å². The molecule has 1 rings (SSSR count). The van der Waals surface area contributed by atoms with Crippen LogP contribution in [0.5, 0.6) is 0 Å². The second-order valence-electron chi connectivity index (χ2n) is 3.15. The van der Waals surface area contributed by atoms with Crippen molar-refractivity contribution in [2.45, 2.75) is 0 Å². The summed E-state index contributed by atoms with van der Waals surface area (Å²) in [6.07, 6.45) is 4.12. The Morgan fingerprint density at radius 3 is 3.07 bits per heavy atom. The summed E-state index contributed by atoms with van der Waals surface area (Å²) >= 11 is 5.86. The van der Waals surface area contributed by atoms with E-state index in [0.29, 0.717) is 0 Å². The van der Waals surface area contributed by atoms with Crippen LogP contribution in [0.2, 0.25) is 5.02 Å². The molecule has 0 aliphatic rings. The summed E-state index contributed by atoms with van der Waals surface area (Å²) in [5, 5.41) is 3.99. The minimum absolute atomic E-state index is 0.741. The van der Waals surface area contributed by atoms with E-state index in [-0.39, 0.29) is 0 Å². The third kappa shape index (κ3) is 5.57. The molecular formula is C12H16ClNO. The molecule has 0 saturated heterocycles. The second kappa shape index (κ2) is 7.46. The summed E-state index contributed by atoms with van der Waals surface area (Å²) in [7, 11) is 1.70. The Morgan fingerprint density at radius 1 is 1.47 bits per heavy atom. The van der Waals surface area contributed by atoms with Crippen LogP contribution in [-0.2, 0) is 4.74 Å². The molecule has 1 aromatic rings. The highest BCUT2D eigenvalue weighted by Crippen LogP contribution is 2.11. The fraction of sp³-hybridized carbons (Fsp3) is 0.333. The first-order valence-corrected chi connectivity index (χ1v) is 5.32. The van der Waals surface area contributed by atoms with Gasteiger partial charge < -0.3 is 10.1 Å². The largest absolute Gasteiger partial charge is 0.383 e. The second-order valence-corrected chi connectivity index (χ2v) is 3.59. The van der Waals surface area contributed by atoms with Crippen LogP contribution in [0.1, 0.15) is 5.56 Å². The molecule has 0 saturated carbocycles. The Hall–Kier alpha value is -0.830. The van der Waals surface area contributed by atoms with Crippen molar-refractivity contribution < 1.29 is 4.74 Å². The van der Waals surface area contributed by atoms with Crippen LogP contribution >= 0.6 is 11.6 Å². The summed E-state index contributed by atoms with van der Waals surface area (Å²) < 4.78 is 4.92. The van der Waals surface area contributed by atoms with E-state index in [9.17, 15) is 0 Å². The van der Waals surface area contributed by atoms with E-state index < -0.39 is 0 Å². The highest BCUT2D eigenvalue weighted by atomic mass is 35.5. The molecule has 0 bridgehead atoms. The van der Waals surface area contributed by atoms with Gasteiger partial charge in [-0.15, -0.1) is 0 Å². The monoisotopic (exact) mass is 225 g/mol. The number of rotatable bonds is 6. The van der Waals surface area contributed by atoms with Crippen LogP contribution in [0, 0.1) is 0 Å². The molecular weight excluding hydrogens is 210 g/mol. The van der Waals surface area contributed by atoms with Crippen molar-refractivity contribution in [3.05, 3.63) is 40.9 Å². The van der Waals surface area contributed by atoms with Gasteiger partial charge in [0, 0.05) is 25.2 Å². The van der Waals surface area contributed by atoms with Crippen LogP contribution < -0.4 is 5.32 Å². The lowest BCUT2D eigenvalue weighted by molar-refractivity contribution is 0.200. The smallest absolute Gasteiger partial charge is 0.0587 e. The highest BCUT2D eigenvalue weighted by Gasteiger charge is 1.88. The topological polar surface area (TPSA) is 21.3 Å². The molecule has 3 heteroatoms. The van der Waals surface area contributed by atoms with Gasteiger partial charge in [-0.3, -0.25) is 0 Å². The molecule has 0 spiro atoms. The molecule has 0 unspecified atom stereocenters. The number of hydrogen-bond acceptors (Lipinski definition) is 2. The number of hydrogen-bond donors (Lipinski definition) is 1. The van der Waals surface area contributed by atoms with Crippen LogP contribution in [0.15, 0.2) is 30.3 Å². The lowest BCUT2D eigenvalue weighted by Crippen LogP contribution is -2.18. The number of ether oxygens (including phenoxy) is 1. The number of nitrogens with one attached hydrogen (secondary N) is 1. The first-order chi connectivity index (χ1) is 7.33. The third-order valence-corrected chi connectivity index (χ3v) is 2.14. The molecule has 0 radical (unpaired) electrons. The average Bonchev–Trinajstić information content (AvgIpc) is 2.23. The highest BCUT2D eigenvalue weighted by molar-refractivity contribution is 6.30. The van der Waals surface area contributed by atoms with Gasteiger partial charge in [0.1, 0.15) is 0 Å². The van der Waals surface area contributed by atoms with E-state index in [2.05, 4.69) is 11.4 Å². The van der Waals surface area contributed by atoms with Gasteiger partial charge in [-0.1, -0.05) is 35.9 Å². The van der Waals surface area contributed by atoms with Gasteiger partial charge in [0.2, 0.25) is 0 Å². The van der Waals surface area contributed by atoms with Crippen LogP contribution in [0.3, 0.4) is 0 Å². The Balaban J connectivity index is 2.26. The predicted molar refractivity (Wildman–Crippen MR) is 65.2 cm³/mol. The van der Waals surface area contributed by atoms with E-state index in [4.69, 9.17) is 16.3 Å². The summed E-state index contributed by atoms with van der Waals surface area (Å²) in [6.45, 7) is 2.46. The Labute approximate surface area is 95.9 Å². The van der Waals surface area contributed by atoms with Crippen molar-refractivity contribution in [2.24, 2.45) is 0 Å². The first-order valence-electron chi connectivity index (χ1n) is 4.94. The quantitative estimate of drug-likeness (QED) is 0.752. The Morgan fingerprint density at radius 2 is 2.33 bits per heavy atom. The lowest BCUT2D eigenvalue weighted by Gasteiger charge is -1.99. The Kier molecular flexibility index (Phi) is 6.09. The zero-order valence-electron chi connectivity index (χ0n) is 8.87. The molecule has 0 fully saturated rings. The number of benzene rings is 1. The van der Waals surface area contributed by atoms with Crippen molar-refractivity contribution in [3.63, 3.8) is 0 Å². The Bertz CT molecular complexity index is 312. The van der Waals surface area contributed by atoms with Crippen molar-refractivity contribution in [2.75, 3.05) is 26.8 Å². The van der Waals surface area contributed by atoms with Gasteiger partial charge in [0.25, 0.3) is 0 Å². The van der Waals surface area contributed by atoms with E-state index in [1.807, 2.05) is 30.3 Å². The van der Waals surface area contributed by atoms with Crippen LogP contribution in [-0.4, -0.2) is 26.8 Å². The van der Waals surface area contributed by atoms with Crippen LogP contribution in [0.25, 0.3) is 6.08 Å². The molecule has 0 atom stereocenters. The summed E-state index contributed by atoms with van der Waals surface area (Å²) in [6, 6.07) is 7.78. The van der Waals surface area contributed by atoms with Crippen molar-refractivity contribution in [3.8, 4) is 0 Å². The molecule has 0 aliphatic carbocycles. The molecule has 2 nitrogen and oxygen atoms in total. The zero-order chi connectivity index (χ0) is 10.9.